The van der Waals surface area contributed by atoms with Gasteiger partial charge in [0.05, 0.1) is 11.8 Å². The van der Waals surface area contributed by atoms with Gasteiger partial charge in [-0.25, -0.2) is 0 Å². The highest BCUT2D eigenvalue weighted by atomic mass is 16.1. The van der Waals surface area contributed by atoms with Crippen LogP contribution >= 0.6 is 0 Å². The van der Waals surface area contributed by atoms with Crippen molar-refractivity contribution < 1.29 is 4.79 Å². The minimum atomic E-state index is -0.293. The first kappa shape index (κ1) is 17.4. The SMILES string of the molecule is CCCCCCCN=C1C=CC(C(=O)c2ccccc2)=CC1N. The molecule has 1 aromatic carbocycles. The Morgan fingerprint density at radius 3 is 2.52 bits per heavy atom. The molecule has 0 saturated heterocycles. The number of Topliss-reactive ketones (excluding diaryl/α,β-unsaturated/α-hetero) is 1. The normalized spacial score (nSPS) is 19.0. The monoisotopic (exact) mass is 310 g/mol. The fraction of sp³-hybridized carbons (Fsp3) is 0.400. The highest BCUT2D eigenvalue weighted by molar-refractivity contribution is 6.14. The summed E-state index contributed by atoms with van der Waals surface area (Å²) in [5.74, 6) is 0.0101. The average molecular weight is 310 g/mol. The molecule has 0 radical (unpaired) electrons. The van der Waals surface area contributed by atoms with Crippen LogP contribution in [-0.2, 0) is 0 Å². The Hall–Kier alpha value is -2.00. The van der Waals surface area contributed by atoms with Crippen molar-refractivity contribution >= 4 is 11.5 Å². The molecule has 1 aromatic rings. The van der Waals surface area contributed by atoms with E-state index < -0.39 is 0 Å². The summed E-state index contributed by atoms with van der Waals surface area (Å²) in [6.45, 7) is 3.03. The van der Waals surface area contributed by atoms with Crippen LogP contribution in [-0.4, -0.2) is 24.1 Å². The standard InChI is InChI=1S/C20H26N2O/c1-2-3-4-5-9-14-22-19-13-12-17(15-18(19)21)20(23)16-10-7-6-8-11-16/h6-8,10-13,15,18H,2-5,9,14,21H2,1H3. The van der Waals surface area contributed by atoms with Crippen molar-refractivity contribution in [1.82, 2.24) is 0 Å². The van der Waals surface area contributed by atoms with Gasteiger partial charge in [0.15, 0.2) is 5.78 Å². The zero-order valence-corrected chi connectivity index (χ0v) is 13.9. The molecule has 0 fully saturated rings. The summed E-state index contributed by atoms with van der Waals surface area (Å²) in [5, 5.41) is 0. The molecular formula is C20H26N2O. The van der Waals surface area contributed by atoms with Crippen molar-refractivity contribution in [2.24, 2.45) is 10.7 Å². The first-order valence-electron chi connectivity index (χ1n) is 8.52. The van der Waals surface area contributed by atoms with Gasteiger partial charge in [-0.05, 0) is 18.6 Å². The van der Waals surface area contributed by atoms with Crippen LogP contribution in [0, 0.1) is 0 Å². The van der Waals surface area contributed by atoms with E-state index >= 15 is 0 Å². The zero-order chi connectivity index (χ0) is 16.5. The molecule has 23 heavy (non-hydrogen) atoms. The molecule has 3 heteroatoms. The third-order valence-corrected chi connectivity index (χ3v) is 3.99. The first-order chi connectivity index (χ1) is 11.2. The number of carbonyl (C=O) groups excluding carboxylic acids is 1. The Morgan fingerprint density at radius 2 is 1.83 bits per heavy atom. The van der Waals surface area contributed by atoms with Crippen LogP contribution in [0.15, 0.2) is 59.1 Å². The molecule has 0 saturated carbocycles. The van der Waals surface area contributed by atoms with Crippen molar-refractivity contribution in [3.05, 3.63) is 59.7 Å². The molecule has 0 bridgehead atoms. The number of carbonyl (C=O) groups is 1. The predicted molar refractivity (Wildman–Crippen MR) is 97.0 cm³/mol. The van der Waals surface area contributed by atoms with Gasteiger partial charge in [-0.2, -0.15) is 0 Å². The van der Waals surface area contributed by atoms with Gasteiger partial charge < -0.3 is 5.73 Å². The molecule has 2 rings (SSSR count). The number of hydrogen-bond donors (Lipinski definition) is 1. The van der Waals surface area contributed by atoms with Crippen LogP contribution in [0.3, 0.4) is 0 Å². The van der Waals surface area contributed by atoms with Crippen molar-refractivity contribution in [2.45, 2.75) is 45.1 Å². The number of rotatable bonds is 8. The average Bonchev–Trinajstić information content (AvgIpc) is 2.59. The minimum absolute atomic E-state index is 0.0101. The number of aliphatic imine (C=N–C) groups is 1. The van der Waals surface area contributed by atoms with Crippen LogP contribution in [0.25, 0.3) is 0 Å². The Bertz CT molecular complexity index is 599. The van der Waals surface area contributed by atoms with Crippen LogP contribution < -0.4 is 5.73 Å². The number of benzene rings is 1. The topological polar surface area (TPSA) is 55.5 Å². The van der Waals surface area contributed by atoms with E-state index in [9.17, 15) is 4.79 Å². The maximum atomic E-state index is 12.4. The van der Waals surface area contributed by atoms with Gasteiger partial charge in [-0.15, -0.1) is 0 Å². The van der Waals surface area contributed by atoms with Crippen molar-refractivity contribution in [3.63, 3.8) is 0 Å². The molecule has 0 aromatic heterocycles. The Morgan fingerprint density at radius 1 is 1.09 bits per heavy atom. The van der Waals surface area contributed by atoms with Crippen LogP contribution in [0.2, 0.25) is 0 Å². The second-order valence-electron chi connectivity index (χ2n) is 5.90. The summed E-state index contributed by atoms with van der Waals surface area (Å²) in [6.07, 6.45) is 11.7. The van der Waals surface area contributed by atoms with Gasteiger partial charge in [-0.1, -0.05) is 69.0 Å². The summed E-state index contributed by atoms with van der Waals surface area (Å²) in [6, 6.07) is 8.99. The fourth-order valence-electron chi connectivity index (χ4n) is 2.61. The lowest BCUT2D eigenvalue weighted by Crippen LogP contribution is -2.30. The molecule has 0 heterocycles. The molecule has 3 nitrogen and oxygen atoms in total. The molecule has 2 N–H and O–H groups in total. The first-order valence-corrected chi connectivity index (χ1v) is 8.52. The van der Waals surface area contributed by atoms with E-state index in [0.29, 0.717) is 11.1 Å². The van der Waals surface area contributed by atoms with Crippen LogP contribution in [0.1, 0.15) is 49.4 Å². The van der Waals surface area contributed by atoms with Crippen molar-refractivity contribution in [3.8, 4) is 0 Å². The van der Waals surface area contributed by atoms with E-state index in [-0.39, 0.29) is 11.8 Å². The lowest BCUT2D eigenvalue weighted by molar-refractivity contribution is 0.103. The Labute approximate surface area is 139 Å². The van der Waals surface area contributed by atoms with E-state index in [2.05, 4.69) is 11.9 Å². The molecule has 1 aliphatic carbocycles. The molecule has 0 aliphatic heterocycles. The van der Waals surface area contributed by atoms with E-state index in [4.69, 9.17) is 5.73 Å². The number of nitrogens with two attached hydrogens (primary N) is 1. The minimum Gasteiger partial charge on any atom is -0.319 e. The third-order valence-electron chi connectivity index (χ3n) is 3.99. The van der Waals surface area contributed by atoms with Crippen LogP contribution in [0.4, 0.5) is 0 Å². The van der Waals surface area contributed by atoms with Gasteiger partial charge in [0, 0.05) is 17.7 Å². The maximum Gasteiger partial charge on any atom is 0.192 e. The molecule has 122 valence electrons. The lowest BCUT2D eigenvalue weighted by Gasteiger charge is -2.14. The third kappa shape index (κ3) is 5.29. The molecule has 0 amide bonds. The highest BCUT2D eigenvalue weighted by Gasteiger charge is 2.17. The van der Waals surface area contributed by atoms with Crippen molar-refractivity contribution in [2.75, 3.05) is 6.54 Å². The highest BCUT2D eigenvalue weighted by Crippen LogP contribution is 2.15. The van der Waals surface area contributed by atoms with E-state index in [1.165, 1.54) is 25.7 Å². The Balaban J connectivity index is 1.90. The molecule has 1 unspecified atom stereocenters. The van der Waals surface area contributed by atoms with E-state index in [1.54, 1.807) is 0 Å². The number of unbranched alkanes of at least 4 members (excludes halogenated alkanes) is 4. The quantitative estimate of drug-likeness (QED) is 0.580. The van der Waals surface area contributed by atoms with E-state index in [1.807, 2.05) is 48.6 Å². The Kier molecular flexibility index (Phi) is 6.95. The fourth-order valence-corrected chi connectivity index (χ4v) is 2.61. The summed E-state index contributed by atoms with van der Waals surface area (Å²) < 4.78 is 0. The summed E-state index contributed by atoms with van der Waals surface area (Å²) in [7, 11) is 0. The van der Waals surface area contributed by atoms with E-state index in [0.717, 1.165) is 18.7 Å². The smallest absolute Gasteiger partial charge is 0.192 e. The summed E-state index contributed by atoms with van der Waals surface area (Å²) in [4.78, 5) is 17.0. The number of hydrogen-bond acceptors (Lipinski definition) is 3. The second-order valence-corrected chi connectivity index (χ2v) is 5.90. The summed E-state index contributed by atoms with van der Waals surface area (Å²) in [5.41, 5.74) is 8.33. The van der Waals surface area contributed by atoms with Gasteiger partial charge in [-0.3, -0.25) is 9.79 Å². The predicted octanol–water partition coefficient (Wildman–Crippen LogP) is 4.10. The van der Waals surface area contributed by atoms with Gasteiger partial charge in [0.1, 0.15) is 0 Å². The van der Waals surface area contributed by atoms with Gasteiger partial charge in [0.2, 0.25) is 0 Å². The van der Waals surface area contributed by atoms with Crippen molar-refractivity contribution in [1.29, 1.82) is 0 Å². The lowest BCUT2D eigenvalue weighted by atomic mass is 9.95. The summed E-state index contributed by atoms with van der Waals surface area (Å²) >= 11 is 0. The molecule has 1 aliphatic rings. The number of nitrogens with zero attached hydrogens (tertiary/aromatic N) is 1. The largest absolute Gasteiger partial charge is 0.319 e. The second kappa shape index (κ2) is 9.21. The number of ketones is 1. The molecule has 0 spiro atoms. The zero-order valence-electron chi connectivity index (χ0n) is 13.9. The molecular weight excluding hydrogens is 284 g/mol. The molecule has 1 atom stereocenters. The number of allylic oxidation sites excluding steroid dienone is 2. The van der Waals surface area contributed by atoms with Crippen LogP contribution in [0.5, 0.6) is 0 Å². The van der Waals surface area contributed by atoms with Gasteiger partial charge in [0.25, 0.3) is 0 Å². The maximum absolute atomic E-state index is 12.4. The van der Waals surface area contributed by atoms with Gasteiger partial charge >= 0.3 is 0 Å².